The molecule has 0 bridgehead atoms. The quantitative estimate of drug-likeness (QED) is 0.438. The van der Waals surface area contributed by atoms with Gasteiger partial charge >= 0.3 is 24.5 Å². The topological polar surface area (TPSA) is 35.5 Å². The van der Waals surface area contributed by atoms with Gasteiger partial charge in [-0.25, -0.2) is 9.53 Å². The van der Waals surface area contributed by atoms with Crippen molar-refractivity contribution >= 4 is 5.97 Å². The molecule has 0 aromatic carbocycles. The number of rotatable bonds is 5. The molecule has 0 aliphatic heterocycles. The molecule has 0 N–H and O–H groups in total. The van der Waals surface area contributed by atoms with Gasteiger partial charge < -0.3 is 4.74 Å². The molecule has 0 heterocycles. The Morgan fingerprint density at radius 1 is 1.06 bits per heavy atom. The fourth-order valence-corrected chi connectivity index (χ4v) is 0.670. The van der Waals surface area contributed by atoms with Crippen LogP contribution in [0.15, 0.2) is 12.7 Å². The predicted molar refractivity (Wildman–Crippen MR) is 37.9 cm³/mol. The van der Waals surface area contributed by atoms with Gasteiger partial charge in [-0.05, 0) is 0 Å². The van der Waals surface area contributed by atoms with Crippen LogP contribution in [0.3, 0.4) is 0 Å². The van der Waals surface area contributed by atoms with Gasteiger partial charge in [0.25, 0.3) is 0 Å². The van der Waals surface area contributed by atoms with E-state index >= 15 is 0 Å². The van der Waals surface area contributed by atoms with Crippen LogP contribution < -0.4 is 0 Å². The van der Waals surface area contributed by atoms with Crippen LogP contribution in [0.1, 0.15) is 6.42 Å². The van der Waals surface area contributed by atoms with Gasteiger partial charge in [-0.15, -0.1) is 13.2 Å². The molecule has 0 rings (SSSR count). The number of ether oxygens (including phenoxy) is 2. The summed E-state index contributed by atoms with van der Waals surface area (Å²) in [6.07, 6.45) is -18.4. The fourth-order valence-electron chi connectivity index (χ4n) is 0.670. The monoisotopic (exact) mass is 270 g/mol. The summed E-state index contributed by atoms with van der Waals surface area (Å²) in [5, 5.41) is 0. The van der Waals surface area contributed by atoms with Gasteiger partial charge in [-0.1, -0.05) is 6.58 Å². The van der Waals surface area contributed by atoms with Crippen LogP contribution in [-0.2, 0) is 14.3 Å². The lowest BCUT2D eigenvalue weighted by molar-refractivity contribution is -0.439. The molecule has 100 valence electrons. The van der Waals surface area contributed by atoms with Gasteiger partial charge in [0, 0.05) is 6.08 Å². The standard InChI is InChI=1S/C7H5F7O3/c1-2-4(15)16-5(8,9)3-6(10,11)17-7(12,13)14/h2H,1,3H2. The highest BCUT2D eigenvalue weighted by atomic mass is 19.4. The summed E-state index contributed by atoms with van der Waals surface area (Å²) in [6.45, 7) is 2.69. The van der Waals surface area contributed by atoms with Crippen LogP contribution >= 0.6 is 0 Å². The smallest absolute Gasteiger partial charge is 0.397 e. The van der Waals surface area contributed by atoms with E-state index in [1.165, 1.54) is 0 Å². The van der Waals surface area contributed by atoms with Gasteiger partial charge in [-0.2, -0.15) is 17.6 Å². The molecule has 0 aliphatic carbocycles. The largest absolute Gasteiger partial charge is 0.527 e. The predicted octanol–water partition coefficient (Wildman–Crippen LogP) is 2.83. The van der Waals surface area contributed by atoms with Crippen molar-refractivity contribution < 1.29 is 45.0 Å². The van der Waals surface area contributed by atoms with Crippen molar-refractivity contribution in [3.63, 3.8) is 0 Å². The van der Waals surface area contributed by atoms with E-state index in [1.807, 2.05) is 0 Å². The summed E-state index contributed by atoms with van der Waals surface area (Å²) in [4.78, 5) is 10.3. The maximum Gasteiger partial charge on any atom is 0.527 e. The van der Waals surface area contributed by atoms with Crippen molar-refractivity contribution in [2.24, 2.45) is 0 Å². The molecule has 10 heteroatoms. The van der Waals surface area contributed by atoms with Gasteiger partial charge in [0.2, 0.25) is 0 Å². The highest BCUT2D eigenvalue weighted by Crippen LogP contribution is 2.36. The first kappa shape index (κ1) is 15.7. The number of alkyl halides is 7. The average molecular weight is 270 g/mol. The van der Waals surface area contributed by atoms with E-state index in [0.717, 1.165) is 0 Å². The van der Waals surface area contributed by atoms with E-state index in [-0.39, 0.29) is 6.08 Å². The number of esters is 1. The van der Waals surface area contributed by atoms with E-state index in [2.05, 4.69) is 16.1 Å². The maximum atomic E-state index is 12.5. The Kier molecular flexibility index (Phi) is 4.52. The molecule has 0 atom stereocenters. The summed E-state index contributed by atoms with van der Waals surface area (Å²) in [5.74, 6) is -1.77. The molecule has 0 saturated carbocycles. The molecule has 0 saturated heterocycles. The van der Waals surface area contributed by atoms with Crippen molar-refractivity contribution in [1.82, 2.24) is 0 Å². The second-order valence-corrected chi connectivity index (χ2v) is 2.62. The average Bonchev–Trinajstić information content (AvgIpc) is 1.94. The zero-order valence-electron chi connectivity index (χ0n) is 7.86. The van der Waals surface area contributed by atoms with E-state index < -0.39 is 31.0 Å². The Bertz CT molecular complexity index is 296. The molecular weight excluding hydrogens is 265 g/mol. The fraction of sp³-hybridized carbons (Fsp3) is 0.571. The molecule has 3 nitrogen and oxygen atoms in total. The van der Waals surface area contributed by atoms with Crippen LogP contribution in [0, 0.1) is 0 Å². The van der Waals surface area contributed by atoms with Crippen LogP contribution in [0.25, 0.3) is 0 Å². The second-order valence-electron chi connectivity index (χ2n) is 2.62. The van der Waals surface area contributed by atoms with Gasteiger partial charge in [0.1, 0.15) is 6.42 Å². The third-order valence-electron chi connectivity index (χ3n) is 1.09. The summed E-state index contributed by atoms with van der Waals surface area (Å²) < 4.78 is 89.1. The number of carbonyl (C=O) groups excluding carboxylic acids is 1. The van der Waals surface area contributed by atoms with Gasteiger partial charge in [0.05, 0.1) is 0 Å². The Morgan fingerprint density at radius 2 is 1.53 bits per heavy atom. The Balaban J connectivity index is 4.58. The number of hydrogen-bond acceptors (Lipinski definition) is 3. The van der Waals surface area contributed by atoms with Crippen molar-refractivity contribution in [3.8, 4) is 0 Å². The first-order valence-electron chi connectivity index (χ1n) is 3.75. The molecular formula is C7H5F7O3. The molecule has 0 aromatic heterocycles. The first-order chi connectivity index (χ1) is 7.37. The molecule has 0 aliphatic rings. The van der Waals surface area contributed by atoms with Crippen LogP contribution in [0.2, 0.25) is 0 Å². The Morgan fingerprint density at radius 3 is 1.88 bits per heavy atom. The SMILES string of the molecule is C=CC(=O)OC(F)(F)CC(F)(F)OC(F)(F)F. The summed E-state index contributed by atoms with van der Waals surface area (Å²) in [5.41, 5.74) is 0. The number of carbonyl (C=O) groups is 1. The molecule has 0 aromatic rings. The van der Waals surface area contributed by atoms with E-state index in [0.29, 0.717) is 0 Å². The minimum Gasteiger partial charge on any atom is -0.397 e. The zero-order valence-corrected chi connectivity index (χ0v) is 7.86. The van der Waals surface area contributed by atoms with Crippen LogP contribution in [0.4, 0.5) is 30.7 Å². The van der Waals surface area contributed by atoms with Gasteiger partial charge in [0.15, 0.2) is 0 Å². The second kappa shape index (κ2) is 4.90. The summed E-state index contributed by atoms with van der Waals surface area (Å²) in [6, 6.07) is 0. The highest BCUT2D eigenvalue weighted by molar-refractivity contribution is 5.81. The molecule has 0 unspecified atom stereocenters. The minimum atomic E-state index is -5.80. The van der Waals surface area contributed by atoms with Crippen molar-refractivity contribution in [2.45, 2.75) is 25.0 Å². The van der Waals surface area contributed by atoms with Crippen LogP contribution in [0.5, 0.6) is 0 Å². The lowest BCUT2D eigenvalue weighted by atomic mass is 10.4. The first-order valence-corrected chi connectivity index (χ1v) is 3.75. The van der Waals surface area contributed by atoms with Crippen molar-refractivity contribution in [1.29, 1.82) is 0 Å². The summed E-state index contributed by atoms with van der Waals surface area (Å²) in [7, 11) is 0. The Hall–Kier alpha value is -1.32. The number of halogens is 7. The van der Waals surface area contributed by atoms with Crippen molar-refractivity contribution in [2.75, 3.05) is 0 Å². The van der Waals surface area contributed by atoms with Crippen molar-refractivity contribution in [3.05, 3.63) is 12.7 Å². The van der Waals surface area contributed by atoms with E-state index in [4.69, 9.17) is 0 Å². The molecule has 0 amide bonds. The lowest BCUT2D eigenvalue weighted by Crippen LogP contribution is -2.38. The maximum absolute atomic E-state index is 12.5. The molecule has 17 heavy (non-hydrogen) atoms. The Labute approximate surface area is 89.8 Å². The normalized spacial score (nSPS) is 13.4. The lowest BCUT2D eigenvalue weighted by Gasteiger charge is -2.22. The van der Waals surface area contributed by atoms with Gasteiger partial charge in [-0.3, -0.25) is 0 Å². The highest BCUT2D eigenvalue weighted by Gasteiger charge is 2.53. The molecule has 0 radical (unpaired) electrons. The third-order valence-corrected chi connectivity index (χ3v) is 1.09. The van der Waals surface area contributed by atoms with Crippen LogP contribution in [-0.4, -0.2) is 24.5 Å². The molecule has 0 spiro atoms. The zero-order chi connectivity index (χ0) is 13.9. The minimum absolute atomic E-state index is 0.233. The molecule has 0 fully saturated rings. The summed E-state index contributed by atoms with van der Waals surface area (Å²) >= 11 is 0. The third kappa shape index (κ3) is 7.55. The van der Waals surface area contributed by atoms with E-state index in [1.54, 1.807) is 0 Å². The number of hydrogen-bond donors (Lipinski definition) is 0. The van der Waals surface area contributed by atoms with E-state index in [9.17, 15) is 35.5 Å².